The Bertz CT molecular complexity index is 571. The molecule has 1 aromatic rings. The van der Waals surface area contributed by atoms with Crippen molar-refractivity contribution in [1.82, 2.24) is 5.32 Å². The first-order chi connectivity index (χ1) is 9.43. The maximum absolute atomic E-state index is 11.7. The van der Waals surface area contributed by atoms with E-state index in [1.807, 2.05) is 0 Å². The van der Waals surface area contributed by atoms with Crippen LogP contribution in [-0.2, 0) is 9.84 Å². The molecular weight excluding hydrogens is 338 g/mol. The van der Waals surface area contributed by atoms with Crippen molar-refractivity contribution in [3.8, 4) is 0 Å². The van der Waals surface area contributed by atoms with Gasteiger partial charge in [-0.2, -0.15) is 0 Å². The fraction of sp³-hybridized carbons (Fsp3) is 0.600. The van der Waals surface area contributed by atoms with Crippen molar-refractivity contribution in [3.63, 3.8) is 0 Å². The molecule has 112 valence electrons. The van der Waals surface area contributed by atoms with Gasteiger partial charge in [0.1, 0.15) is 0 Å². The minimum Gasteiger partial charge on any atom is -0.310 e. The van der Waals surface area contributed by atoms with Crippen molar-refractivity contribution < 1.29 is 8.42 Å². The average Bonchev–Trinajstić information content (AvgIpc) is 2.74. The van der Waals surface area contributed by atoms with Crippen LogP contribution in [0.1, 0.15) is 36.9 Å². The van der Waals surface area contributed by atoms with Crippen LogP contribution in [0.3, 0.4) is 0 Å². The summed E-state index contributed by atoms with van der Waals surface area (Å²) in [5, 5.41) is 3.53. The molecule has 1 aromatic carbocycles. The fourth-order valence-corrected chi connectivity index (χ4v) is 4.89. The Morgan fingerprint density at radius 1 is 1.45 bits per heavy atom. The maximum Gasteiger partial charge on any atom is 0.150 e. The van der Waals surface area contributed by atoms with Crippen LogP contribution in [0.25, 0.3) is 0 Å². The molecule has 5 heteroatoms. The summed E-state index contributed by atoms with van der Waals surface area (Å²) in [6.07, 6.45) is 1.81. The van der Waals surface area contributed by atoms with Crippen molar-refractivity contribution in [2.75, 3.05) is 18.1 Å². The first-order valence-electron chi connectivity index (χ1n) is 7.13. The molecule has 0 aliphatic carbocycles. The summed E-state index contributed by atoms with van der Waals surface area (Å²) in [5.41, 5.74) is 2.38. The number of benzene rings is 1. The van der Waals surface area contributed by atoms with E-state index in [0.717, 1.165) is 23.9 Å². The summed E-state index contributed by atoms with van der Waals surface area (Å²) in [5.74, 6) is 0.827. The predicted octanol–water partition coefficient (Wildman–Crippen LogP) is 3.23. The molecule has 0 saturated carbocycles. The van der Waals surface area contributed by atoms with Gasteiger partial charge in [-0.1, -0.05) is 35.0 Å². The number of hydrogen-bond donors (Lipinski definition) is 1. The molecule has 1 heterocycles. The van der Waals surface area contributed by atoms with Crippen LogP contribution < -0.4 is 5.32 Å². The molecule has 1 fully saturated rings. The highest BCUT2D eigenvalue weighted by atomic mass is 79.9. The number of nitrogens with one attached hydrogen (secondary N) is 1. The summed E-state index contributed by atoms with van der Waals surface area (Å²) >= 11 is 3.52. The van der Waals surface area contributed by atoms with Crippen LogP contribution in [0.15, 0.2) is 22.7 Å². The molecule has 1 N–H and O–H groups in total. The normalized spacial score (nSPS) is 22.9. The van der Waals surface area contributed by atoms with Crippen LogP contribution in [0, 0.1) is 12.8 Å². The standard InChI is InChI=1S/C15H22BrNO2S/c1-3-7-17-15(13-6-8-20(18,19)10-13)12-4-5-14(16)11(2)9-12/h4-5,9,13,15,17H,3,6-8,10H2,1-2H3. The highest BCUT2D eigenvalue weighted by molar-refractivity contribution is 9.10. The number of rotatable bonds is 5. The minimum absolute atomic E-state index is 0.138. The molecule has 2 rings (SSSR count). The zero-order valence-electron chi connectivity index (χ0n) is 12.0. The van der Waals surface area contributed by atoms with Crippen LogP contribution in [0.5, 0.6) is 0 Å². The van der Waals surface area contributed by atoms with E-state index in [-0.39, 0.29) is 12.0 Å². The smallest absolute Gasteiger partial charge is 0.150 e. The van der Waals surface area contributed by atoms with Crippen LogP contribution in [-0.4, -0.2) is 26.5 Å². The first-order valence-corrected chi connectivity index (χ1v) is 9.74. The molecule has 0 amide bonds. The van der Waals surface area contributed by atoms with E-state index < -0.39 is 9.84 Å². The maximum atomic E-state index is 11.7. The number of hydrogen-bond acceptors (Lipinski definition) is 3. The van der Waals surface area contributed by atoms with Crippen LogP contribution >= 0.6 is 15.9 Å². The van der Waals surface area contributed by atoms with Crippen molar-refractivity contribution in [3.05, 3.63) is 33.8 Å². The summed E-state index contributed by atoms with van der Waals surface area (Å²) in [6, 6.07) is 6.44. The van der Waals surface area contributed by atoms with Gasteiger partial charge in [0.05, 0.1) is 11.5 Å². The molecule has 2 unspecified atom stereocenters. The zero-order valence-corrected chi connectivity index (χ0v) is 14.4. The lowest BCUT2D eigenvalue weighted by atomic mass is 9.91. The van der Waals surface area contributed by atoms with Gasteiger partial charge in [-0.25, -0.2) is 8.42 Å². The lowest BCUT2D eigenvalue weighted by molar-refractivity contribution is 0.392. The number of sulfone groups is 1. The molecule has 1 aliphatic rings. The van der Waals surface area contributed by atoms with Gasteiger partial charge in [0.25, 0.3) is 0 Å². The lowest BCUT2D eigenvalue weighted by Crippen LogP contribution is -2.29. The average molecular weight is 360 g/mol. The summed E-state index contributed by atoms with van der Waals surface area (Å²) in [4.78, 5) is 0. The SMILES string of the molecule is CCCNC(c1ccc(Br)c(C)c1)C1CCS(=O)(=O)C1. The third-order valence-corrected chi connectivity index (χ3v) is 6.58. The molecule has 0 aromatic heterocycles. The van der Waals surface area contributed by atoms with Gasteiger partial charge in [-0.15, -0.1) is 0 Å². The predicted molar refractivity (Wildman–Crippen MR) is 86.7 cm³/mol. The second-order valence-electron chi connectivity index (χ2n) is 5.60. The van der Waals surface area contributed by atoms with E-state index in [4.69, 9.17) is 0 Å². The van der Waals surface area contributed by atoms with Crippen molar-refractivity contribution in [2.45, 2.75) is 32.7 Å². The van der Waals surface area contributed by atoms with Crippen molar-refractivity contribution >= 4 is 25.8 Å². The van der Waals surface area contributed by atoms with Gasteiger partial charge >= 0.3 is 0 Å². The molecular formula is C15H22BrNO2S. The summed E-state index contributed by atoms with van der Waals surface area (Å²) < 4.78 is 24.6. The third kappa shape index (κ3) is 3.83. The number of halogens is 1. The molecule has 2 atom stereocenters. The van der Waals surface area contributed by atoms with E-state index >= 15 is 0 Å². The molecule has 1 aliphatic heterocycles. The molecule has 0 bridgehead atoms. The molecule has 20 heavy (non-hydrogen) atoms. The Morgan fingerprint density at radius 2 is 2.20 bits per heavy atom. The van der Waals surface area contributed by atoms with E-state index in [0.29, 0.717) is 11.5 Å². The van der Waals surface area contributed by atoms with Crippen LogP contribution in [0.4, 0.5) is 0 Å². The fourth-order valence-electron chi connectivity index (χ4n) is 2.80. The van der Waals surface area contributed by atoms with Gasteiger partial charge < -0.3 is 5.32 Å². The molecule has 3 nitrogen and oxygen atoms in total. The van der Waals surface area contributed by atoms with Gasteiger partial charge in [0.2, 0.25) is 0 Å². The summed E-state index contributed by atoms with van der Waals surface area (Å²) in [7, 11) is -2.84. The quantitative estimate of drug-likeness (QED) is 0.877. The Morgan fingerprint density at radius 3 is 2.75 bits per heavy atom. The highest BCUT2D eigenvalue weighted by Crippen LogP contribution is 2.33. The Balaban J connectivity index is 2.25. The van der Waals surface area contributed by atoms with Crippen molar-refractivity contribution in [1.29, 1.82) is 0 Å². The molecule has 1 saturated heterocycles. The molecule has 0 spiro atoms. The van der Waals surface area contributed by atoms with Gasteiger partial charge in [0.15, 0.2) is 9.84 Å². The topological polar surface area (TPSA) is 46.2 Å². The second-order valence-corrected chi connectivity index (χ2v) is 8.69. The van der Waals surface area contributed by atoms with E-state index in [9.17, 15) is 8.42 Å². The Kier molecular flexibility index (Phi) is 5.26. The van der Waals surface area contributed by atoms with E-state index in [1.54, 1.807) is 0 Å². The number of aryl methyl sites for hydroxylation is 1. The highest BCUT2D eigenvalue weighted by Gasteiger charge is 2.34. The van der Waals surface area contributed by atoms with Crippen LogP contribution in [0.2, 0.25) is 0 Å². The first kappa shape index (κ1) is 16.0. The van der Waals surface area contributed by atoms with Gasteiger partial charge in [-0.3, -0.25) is 0 Å². The monoisotopic (exact) mass is 359 g/mol. The van der Waals surface area contributed by atoms with Crippen molar-refractivity contribution in [2.24, 2.45) is 5.92 Å². The largest absolute Gasteiger partial charge is 0.310 e. The zero-order chi connectivity index (χ0) is 14.8. The molecule has 0 radical (unpaired) electrons. The Labute approximate surface area is 130 Å². The summed E-state index contributed by atoms with van der Waals surface area (Å²) in [6.45, 7) is 5.11. The third-order valence-electron chi connectivity index (χ3n) is 3.89. The minimum atomic E-state index is -2.84. The van der Waals surface area contributed by atoms with Gasteiger partial charge in [0, 0.05) is 10.5 Å². The van der Waals surface area contributed by atoms with E-state index in [1.165, 1.54) is 11.1 Å². The second kappa shape index (κ2) is 6.58. The Hall–Kier alpha value is -0.390. The van der Waals surface area contributed by atoms with Gasteiger partial charge in [-0.05, 0) is 49.4 Å². The van der Waals surface area contributed by atoms with E-state index in [2.05, 4.69) is 53.3 Å². The lowest BCUT2D eigenvalue weighted by Gasteiger charge is -2.25.